The van der Waals surface area contributed by atoms with Crippen molar-refractivity contribution in [3.63, 3.8) is 0 Å². The van der Waals surface area contributed by atoms with Gasteiger partial charge in [0.15, 0.2) is 0 Å². The number of nitrogens with two attached hydrogens (primary N) is 1. The van der Waals surface area contributed by atoms with E-state index >= 15 is 0 Å². The van der Waals surface area contributed by atoms with Crippen molar-refractivity contribution in [2.45, 2.75) is 6.54 Å². The predicted molar refractivity (Wildman–Crippen MR) is 96.7 cm³/mol. The summed E-state index contributed by atoms with van der Waals surface area (Å²) >= 11 is 3.49. The molecule has 2 N–H and O–H groups in total. The topological polar surface area (TPSA) is 63.4 Å². The summed E-state index contributed by atoms with van der Waals surface area (Å²) < 4.78 is 0.871. The number of anilines is 1. The molecule has 4 nitrogen and oxygen atoms in total. The Kier molecular flexibility index (Phi) is 3.39. The number of nitrogen functional groups attached to an aromatic ring is 1. The first-order chi connectivity index (χ1) is 11.6. The van der Waals surface area contributed by atoms with Crippen molar-refractivity contribution in [3.05, 3.63) is 75.8 Å². The van der Waals surface area contributed by atoms with Crippen LogP contribution in [0.3, 0.4) is 0 Å². The third kappa shape index (κ3) is 2.20. The third-order valence-corrected chi connectivity index (χ3v) is 4.95. The van der Waals surface area contributed by atoms with Crippen molar-refractivity contribution < 1.29 is 9.59 Å². The van der Waals surface area contributed by atoms with E-state index in [1.807, 2.05) is 30.3 Å². The van der Waals surface area contributed by atoms with Crippen molar-refractivity contribution >= 4 is 44.2 Å². The molecular formula is C19H13BrN2O2. The molecule has 3 aromatic rings. The van der Waals surface area contributed by atoms with Crippen molar-refractivity contribution in [3.8, 4) is 0 Å². The van der Waals surface area contributed by atoms with Crippen LogP contribution in [0.15, 0.2) is 59.1 Å². The molecule has 0 spiro atoms. The van der Waals surface area contributed by atoms with Gasteiger partial charge in [-0.3, -0.25) is 14.5 Å². The SMILES string of the molecule is Nc1ccc(CN2C(=O)c3cccc4c(Br)ccc(c34)C2=O)cc1. The van der Waals surface area contributed by atoms with Gasteiger partial charge in [-0.25, -0.2) is 0 Å². The van der Waals surface area contributed by atoms with Crippen LogP contribution in [-0.4, -0.2) is 16.7 Å². The van der Waals surface area contributed by atoms with E-state index in [4.69, 9.17) is 5.73 Å². The highest BCUT2D eigenvalue weighted by atomic mass is 79.9. The standard InChI is InChI=1S/C19H13BrN2O2/c20-16-9-8-15-17-13(16)2-1-3-14(17)18(23)22(19(15)24)10-11-4-6-12(21)7-5-11/h1-9H,10,21H2. The minimum Gasteiger partial charge on any atom is -0.399 e. The van der Waals surface area contributed by atoms with E-state index in [1.165, 1.54) is 4.90 Å². The number of imide groups is 1. The van der Waals surface area contributed by atoms with Crippen LogP contribution in [0.2, 0.25) is 0 Å². The largest absolute Gasteiger partial charge is 0.399 e. The fraction of sp³-hybridized carbons (Fsp3) is 0.0526. The molecule has 1 heterocycles. The molecular weight excluding hydrogens is 368 g/mol. The van der Waals surface area contributed by atoms with Gasteiger partial charge in [-0.05, 0) is 41.3 Å². The van der Waals surface area contributed by atoms with Crippen molar-refractivity contribution in [2.24, 2.45) is 0 Å². The van der Waals surface area contributed by atoms with E-state index in [2.05, 4.69) is 15.9 Å². The number of halogens is 1. The number of nitrogens with zero attached hydrogens (tertiary/aromatic N) is 1. The molecule has 0 saturated carbocycles. The van der Waals surface area contributed by atoms with Gasteiger partial charge in [0.1, 0.15) is 0 Å². The summed E-state index contributed by atoms with van der Waals surface area (Å²) in [5, 5.41) is 1.59. The van der Waals surface area contributed by atoms with Crippen LogP contribution in [0, 0.1) is 0 Å². The second kappa shape index (κ2) is 5.46. The molecule has 1 aliphatic rings. The fourth-order valence-corrected chi connectivity index (χ4v) is 3.52. The monoisotopic (exact) mass is 380 g/mol. The average Bonchev–Trinajstić information content (AvgIpc) is 2.59. The number of hydrogen-bond acceptors (Lipinski definition) is 3. The first kappa shape index (κ1) is 14.9. The first-order valence-corrected chi connectivity index (χ1v) is 8.27. The molecule has 4 rings (SSSR count). The molecule has 0 radical (unpaired) electrons. The molecule has 3 aromatic carbocycles. The number of carbonyl (C=O) groups excluding carboxylic acids is 2. The van der Waals surface area contributed by atoms with Crippen LogP contribution >= 0.6 is 15.9 Å². The zero-order valence-electron chi connectivity index (χ0n) is 12.6. The Hall–Kier alpha value is -2.66. The van der Waals surface area contributed by atoms with E-state index in [0.717, 1.165) is 20.8 Å². The second-order valence-electron chi connectivity index (χ2n) is 5.76. The summed E-state index contributed by atoms with van der Waals surface area (Å²) in [5.41, 5.74) is 8.31. The van der Waals surface area contributed by atoms with E-state index in [1.54, 1.807) is 24.3 Å². The maximum Gasteiger partial charge on any atom is 0.261 e. The van der Waals surface area contributed by atoms with Crippen molar-refractivity contribution in [1.29, 1.82) is 0 Å². The van der Waals surface area contributed by atoms with Gasteiger partial charge in [0.25, 0.3) is 11.8 Å². The number of hydrogen-bond donors (Lipinski definition) is 1. The van der Waals surface area contributed by atoms with Crippen molar-refractivity contribution in [2.75, 3.05) is 5.73 Å². The van der Waals surface area contributed by atoms with Crippen molar-refractivity contribution in [1.82, 2.24) is 4.90 Å². The zero-order chi connectivity index (χ0) is 16.8. The average molecular weight is 381 g/mol. The highest BCUT2D eigenvalue weighted by molar-refractivity contribution is 9.10. The van der Waals surface area contributed by atoms with Crippen LogP contribution in [0.4, 0.5) is 5.69 Å². The normalized spacial score (nSPS) is 13.6. The quantitative estimate of drug-likeness (QED) is 0.540. The third-order valence-electron chi connectivity index (χ3n) is 4.26. The van der Waals surface area contributed by atoms with Gasteiger partial charge in [-0.1, -0.05) is 40.2 Å². The summed E-state index contributed by atoms with van der Waals surface area (Å²) in [6.45, 7) is 0.226. The Bertz CT molecular complexity index is 974. The fourth-order valence-electron chi connectivity index (χ4n) is 3.06. The molecule has 118 valence electrons. The Balaban J connectivity index is 1.83. The lowest BCUT2D eigenvalue weighted by Gasteiger charge is -2.27. The maximum atomic E-state index is 12.9. The summed E-state index contributed by atoms with van der Waals surface area (Å²) in [6, 6.07) is 16.3. The van der Waals surface area contributed by atoms with Gasteiger partial charge in [-0.15, -0.1) is 0 Å². The molecule has 0 aliphatic carbocycles. The van der Waals surface area contributed by atoms with E-state index in [-0.39, 0.29) is 18.4 Å². The Morgan fingerprint density at radius 3 is 2.25 bits per heavy atom. The number of benzene rings is 3. The molecule has 0 unspecified atom stereocenters. The van der Waals surface area contributed by atoms with Gasteiger partial charge in [0.2, 0.25) is 0 Å². The Morgan fingerprint density at radius 1 is 0.875 bits per heavy atom. The minimum atomic E-state index is -0.270. The van der Waals surface area contributed by atoms with Crippen LogP contribution < -0.4 is 5.73 Å². The molecule has 0 aromatic heterocycles. The summed E-state index contributed by atoms with van der Waals surface area (Å²) in [4.78, 5) is 27.0. The Morgan fingerprint density at radius 2 is 1.54 bits per heavy atom. The molecule has 2 amide bonds. The lowest BCUT2D eigenvalue weighted by molar-refractivity contribution is 0.0598. The molecule has 24 heavy (non-hydrogen) atoms. The van der Waals surface area contributed by atoms with Crippen LogP contribution in [0.25, 0.3) is 10.8 Å². The van der Waals surface area contributed by atoms with E-state index < -0.39 is 0 Å². The second-order valence-corrected chi connectivity index (χ2v) is 6.62. The van der Waals surface area contributed by atoms with Crippen LogP contribution in [-0.2, 0) is 6.54 Å². The lowest BCUT2D eigenvalue weighted by atomic mass is 9.94. The number of carbonyl (C=O) groups is 2. The van der Waals surface area contributed by atoms with Gasteiger partial charge >= 0.3 is 0 Å². The Labute approximate surface area is 147 Å². The smallest absolute Gasteiger partial charge is 0.261 e. The number of amides is 2. The number of rotatable bonds is 2. The molecule has 5 heteroatoms. The van der Waals surface area contributed by atoms with Gasteiger partial charge in [0, 0.05) is 26.7 Å². The van der Waals surface area contributed by atoms with Crippen LogP contribution in [0.1, 0.15) is 26.3 Å². The van der Waals surface area contributed by atoms with E-state index in [0.29, 0.717) is 16.8 Å². The lowest BCUT2D eigenvalue weighted by Crippen LogP contribution is -2.39. The minimum absolute atomic E-state index is 0.226. The molecule has 0 atom stereocenters. The first-order valence-electron chi connectivity index (χ1n) is 7.48. The predicted octanol–water partition coefficient (Wildman–Crippen LogP) is 3.98. The summed E-state index contributed by atoms with van der Waals surface area (Å²) in [6.07, 6.45) is 0. The highest BCUT2D eigenvalue weighted by Crippen LogP contribution is 2.34. The van der Waals surface area contributed by atoms with Gasteiger partial charge in [0.05, 0.1) is 6.54 Å². The maximum absolute atomic E-state index is 12.9. The highest BCUT2D eigenvalue weighted by Gasteiger charge is 2.33. The van der Waals surface area contributed by atoms with Crippen LogP contribution in [0.5, 0.6) is 0 Å². The summed E-state index contributed by atoms with van der Waals surface area (Å²) in [5.74, 6) is -0.541. The zero-order valence-corrected chi connectivity index (χ0v) is 14.2. The van der Waals surface area contributed by atoms with Gasteiger partial charge < -0.3 is 5.73 Å². The summed E-state index contributed by atoms with van der Waals surface area (Å²) in [7, 11) is 0. The molecule has 1 aliphatic heterocycles. The molecule has 0 saturated heterocycles. The molecule has 0 bridgehead atoms. The van der Waals surface area contributed by atoms with Gasteiger partial charge in [-0.2, -0.15) is 0 Å². The molecule has 0 fully saturated rings. The van der Waals surface area contributed by atoms with E-state index in [9.17, 15) is 9.59 Å².